The molecular formula is C23H26Cl2N4O. The summed E-state index contributed by atoms with van der Waals surface area (Å²) < 4.78 is 1.88. The van der Waals surface area contributed by atoms with Gasteiger partial charge in [-0.3, -0.25) is 4.79 Å². The van der Waals surface area contributed by atoms with Gasteiger partial charge in [-0.1, -0.05) is 35.4 Å². The molecule has 2 aromatic carbocycles. The lowest BCUT2D eigenvalue weighted by molar-refractivity contribution is 0.102. The highest BCUT2D eigenvalue weighted by molar-refractivity contribution is 6.31. The van der Waals surface area contributed by atoms with Crippen molar-refractivity contribution in [3.05, 3.63) is 76.1 Å². The summed E-state index contributed by atoms with van der Waals surface area (Å²) in [5.41, 5.74) is 5.41. The number of aromatic nitrogens is 2. The number of rotatable bonds is 4. The minimum Gasteiger partial charge on any atom is -0.322 e. The van der Waals surface area contributed by atoms with Crippen molar-refractivity contribution in [2.75, 3.05) is 18.4 Å². The van der Waals surface area contributed by atoms with E-state index >= 15 is 0 Å². The standard InChI is InChI=1S/C23H25ClN4O.ClH/c1-15-3-6-18(7-4-15)27-23(29)20-14-26-28(19-8-5-16(2)21(24)13-19)22(20)17-9-11-25-12-10-17;/h3-8,13-14,17,25H,9-12H2,1-2H3,(H,27,29);1H. The van der Waals surface area contributed by atoms with Crippen LogP contribution < -0.4 is 10.6 Å². The molecule has 2 heterocycles. The first-order chi connectivity index (χ1) is 14.0. The minimum absolute atomic E-state index is 0. The molecule has 30 heavy (non-hydrogen) atoms. The largest absolute Gasteiger partial charge is 0.322 e. The third kappa shape index (κ3) is 4.69. The van der Waals surface area contributed by atoms with Crippen LogP contribution in [0.4, 0.5) is 5.69 Å². The summed E-state index contributed by atoms with van der Waals surface area (Å²) in [5, 5.41) is 11.7. The highest BCUT2D eigenvalue weighted by atomic mass is 35.5. The minimum atomic E-state index is -0.133. The van der Waals surface area contributed by atoms with E-state index in [2.05, 4.69) is 15.7 Å². The molecular weight excluding hydrogens is 419 g/mol. The Morgan fingerprint density at radius 1 is 1.13 bits per heavy atom. The van der Waals surface area contributed by atoms with Gasteiger partial charge in [0.05, 0.1) is 23.1 Å². The Balaban J connectivity index is 0.00000256. The van der Waals surface area contributed by atoms with Crippen LogP contribution in [0, 0.1) is 13.8 Å². The first kappa shape index (κ1) is 22.3. The zero-order chi connectivity index (χ0) is 20.4. The fraction of sp³-hybridized carbons (Fsp3) is 0.304. The summed E-state index contributed by atoms with van der Waals surface area (Å²) >= 11 is 6.36. The van der Waals surface area contributed by atoms with Gasteiger partial charge >= 0.3 is 0 Å². The van der Waals surface area contributed by atoms with E-state index in [4.69, 9.17) is 11.6 Å². The lowest BCUT2D eigenvalue weighted by Gasteiger charge is -2.25. The Labute approximate surface area is 188 Å². The third-order valence-corrected chi connectivity index (χ3v) is 5.89. The Morgan fingerprint density at radius 2 is 1.83 bits per heavy atom. The summed E-state index contributed by atoms with van der Waals surface area (Å²) in [7, 11) is 0. The molecule has 0 bridgehead atoms. The normalized spacial score (nSPS) is 14.2. The van der Waals surface area contributed by atoms with Crippen molar-refractivity contribution < 1.29 is 4.79 Å². The van der Waals surface area contributed by atoms with Crippen molar-refractivity contribution in [2.24, 2.45) is 0 Å². The van der Waals surface area contributed by atoms with Crippen LogP contribution in [0.1, 0.15) is 45.9 Å². The van der Waals surface area contributed by atoms with E-state index in [1.807, 2.05) is 61.0 Å². The predicted molar refractivity (Wildman–Crippen MR) is 125 cm³/mol. The number of nitrogens with zero attached hydrogens (tertiary/aromatic N) is 2. The first-order valence-electron chi connectivity index (χ1n) is 9.96. The molecule has 4 rings (SSSR count). The molecule has 0 spiro atoms. The molecule has 0 unspecified atom stereocenters. The highest BCUT2D eigenvalue weighted by Crippen LogP contribution is 2.31. The molecule has 0 saturated carbocycles. The summed E-state index contributed by atoms with van der Waals surface area (Å²) in [6, 6.07) is 13.7. The van der Waals surface area contributed by atoms with Crippen LogP contribution in [0.15, 0.2) is 48.7 Å². The summed E-state index contributed by atoms with van der Waals surface area (Å²) in [5.74, 6) is 0.129. The Morgan fingerprint density at radius 3 is 2.50 bits per heavy atom. The molecule has 7 heteroatoms. The molecule has 2 N–H and O–H groups in total. The topological polar surface area (TPSA) is 59.0 Å². The number of aryl methyl sites for hydroxylation is 2. The van der Waals surface area contributed by atoms with Crippen LogP contribution in [0.2, 0.25) is 5.02 Å². The maximum absolute atomic E-state index is 13.1. The average molecular weight is 445 g/mol. The molecule has 1 aromatic heterocycles. The molecule has 1 aliphatic rings. The molecule has 5 nitrogen and oxygen atoms in total. The molecule has 1 aliphatic heterocycles. The van der Waals surface area contributed by atoms with Crippen LogP contribution in [-0.2, 0) is 0 Å². The number of carbonyl (C=O) groups excluding carboxylic acids is 1. The average Bonchev–Trinajstić information content (AvgIpc) is 3.18. The van der Waals surface area contributed by atoms with Gasteiger partial charge in [-0.25, -0.2) is 4.68 Å². The summed E-state index contributed by atoms with van der Waals surface area (Å²) in [4.78, 5) is 13.1. The zero-order valence-corrected chi connectivity index (χ0v) is 18.7. The molecule has 0 aliphatic carbocycles. The second-order valence-electron chi connectivity index (χ2n) is 7.63. The van der Waals surface area contributed by atoms with Gasteiger partial charge < -0.3 is 10.6 Å². The number of hydrogen-bond acceptors (Lipinski definition) is 3. The lowest BCUT2D eigenvalue weighted by Crippen LogP contribution is -2.29. The number of benzene rings is 2. The second kappa shape index (κ2) is 9.65. The van der Waals surface area contributed by atoms with Gasteiger partial charge in [-0.2, -0.15) is 5.10 Å². The van der Waals surface area contributed by atoms with Gasteiger partial charge in [0.25, 0.3) is 5.91 Å². The van der Waals surface area contributed by atoms with Gasteiger partial charge in [0.1, 0.15) is 0 Å². The number of carbonyl (C=O) groups is 1. The molecule has 3 aromatic rings. The van der Waals surface area contributed by atoms with Crippen molar-refractivity contribution in [3.8, 4) is 5.69 Å². The Bertz CT molecular complexity index is 1020. The van der Waals surface area contributed by atoms with Crippen LogP contribution in [0.25, 0.3) is 5.69 Å². The van der Waals surface area contributed by atoms with E-state index in [9.17, 15) is 4.79 Å². The number of amides is 1. The fourth-order valence-electron chi connectivity index (χ4n) is 3.78. The van der Waals surface area contributed by atoms with Crippen molar-refractivity contribution in [3.63, 3.8) is 0 Å². The Hall–Kier alpha value is -2.34. The monoisotopic (exact) mass is 444 g/mol. The number of piperidine rings is 1. The van der Waals surface area contributed by atoms with Crippen molar-refractivity contribution in [2.45, 2.75) is 32.6 Å². The first-order valence-corrected chi connectivity index (χ1v) is 10.3. The van der Waals surface area contributed by atoms with E-state index in [0.717, 1.165) is 54.1 Å². The Kier molecular flexibility index (Phi) is 7.19. The molecule has 0 radical (unpaired) electrons. The number of anilines is 1. The second-order valence-corrected chi connectivity index (χ2v) is 8.04. The highest BCUT2D eigenvalue weighted by Gasteiger charge is 2.27. The van der Waals surface area contributed by atoms with E-state index in [1.54, 1.807) is 6.20 Å². The maximum Gasteiger partial charge on any atom is 0.259 e. The quantitative estimate of drug-likeness (QED) is 0.574. The van der Waals surface area contributed by atoms with Gasteiger partial charge in [-0.05, 0) is 69.6 Å². The maximum atomic E-state index is 13.1. The molecule has 1 fully saturated rings. The molecule has 1 amide bonds. The van der Waals surface area contributed by atoms with Crippen molar-refractivity contribution >= 4 is 35.6 Å². The molecule has 1 saturated heterocycles. The van der Waals surface area contributed by atoms with Crippen molar-refractivity contribution in [1.29, 1.82) is 0 Å². The van der Waals surface area contributed by atoms with E-state index in [1.165, 1.54) is 0 Å². The number of hydrogen-bond donors (Lipinski definition) is 2. The SMILES string of the molecule is Cc1ccc(NC(=O)c2cnn(-c3ccc(C)c(Cl)c3)c2C2CCNCC2)cc1.Cl. The summed E-state index contributed by atoms with van der Waals surface area (Å²) in [6.45, 7) is 5.87. The fourth-order valence-corrected chi connectivity index (χ4v) is 3.95. The van der Waals surface area contributed by atoms with Gasteiger partial charge in [0.15, 0.2) is 0 Å². The summed E-state index contributed by atoms with van der Waals surface area (Å²) in [6.07, 6.45) is 3.61. The van der Waals surface area contributed by atoms with Gasteiger partial charge in [0, 0.05) is 16.6 Å². The lowest BCUT2D eigenvalue weighted by atomic mass is 9.91. The third-order valence-electron chi connectivity index (χ3n) is 5.49. The van der Waals surface area contributed by atoms with Crippen LogP contribution in [0.5, 0.6) is 0 Å². The van der Waals surface area contributed by atoms with Gasteiger partial charge in [0.2, 0.25) is 0 Å². The van der Waals surface area contributed by atoms with E-state index in [0.29, 0.717) is 10.6 Å². The van der Waals surface area contributed by atoms with E-state index in [-0.39, 0.29) is 24.2 Å². The predicted octanol–water partition coefficient (Wildman–Crippen LogP) is 5.28. The van der Waals surface area contributed by atoms with Crippen molar-refractivity contribution in [1.82, 2.24) is 15.1 Å². The molecule has 0 atom stereocenters. The van der Waals surface area contributed by atoms with Crippen LogP contribution in [0.3, 0.4) is 0 Å². The van der Waals surface area contributed by atoms with E-state index < -0.39 is 0 Å². The smallest absolute Gasteiger partial charge is 0.259 e. The molecule has 158 valence electrons. The van der Waals surface area contributed by atoms with Gasteiger partial charge in [-0.15, -0.1) is 12.4 Å². The number of halogens is 2. The van der Waals surface area contributed by atoms with Crippen LogP contribution in [-0.4, -0.2) is 28.8 Å². The van der Waals surface area contributed by atoms with Crippen LogP contribution >= 0.6 is 24.0 Å². The number of nitrogens with one attached hydrogen (secondary N) is 2. The zero-order valence-electron chi connectivity index (χ0n) is 17.1.